The lowest BCUT2D eigenvalue weighted by molar-refractivity contribution is -0.153. The lowest BCUT2D eigenvalue weighted by atomic mass is 10.1. The summed E-state index contributed by atoms with van der Waals surface area (Å²) in [7, 11) is 0. The Morgan fingerprint density at radius 2 is 2.10 bits per heavy atom. The van der Waals surface area contributed by atoms with Crippen LogP contribution in [0.1, 0.15) is 26.2 Å². The smallest absolute Gasteiger partial charge is 0.307 e. The highest BCUT2D eigenvalue weighted by atomic mass is 16.5. The second-order valence-electron chi connectivity index (χ2n) is 4.96. The van der Waals surface area contributed by atoms with E-state index in [1.54, 1.807) is 19.1 Å². The predicted octanol–water partition coefficient (Wildman–Crippen LogP) is 2.91. The van der Waals surface area contributed by atoms with Crippen molar-refractivity contribution in [3.05, 3.63) is 42.5 Å². The van der Waals surface area contributed by atoms with Gasteiger partial charge in [0, 0.05) is 5.69 Å². The van der Waals surface area contributed by atoms with Crippen LogP contribution in [0.2, 0.25) is 0 Å². The largest absolute Gasteiger partial charge is 0.453 e. The van der Waals surface area contributed by atoms with E-state index < -0.39 is 6.10 Å². The summed E-state index contributed by atoms with van der Waals surface area (Å²) in [5.74, 6) is -0.379. The standard InChI is InChI=1S/C16H19NO3/c1-12(16(19)17-14-9-3-2-4-10-14)20-15(18)11-13-7-5-6-8-13/h2-5,7,9-10,12-13H,6,8,11H2,1H3,(H,17,19)/t12-,13-/m0/s1. The molecule has 0 unspecified atom stereocenters. The first kappa shape index (κ1) is 14.3. The molecule has 2 rings (SSSR count). The maximum absolute atomic E-state index is 11.9. The molecule has 0 bridgehead atoms. The average molecular weight is 273 g/mol. The lowest BCUT2D eigenvalue weighted by Crippen LogP contribution is -2.30. The highest BCUT2D eigenvalue weighted by Crippen LogP contribution is 2.21. The Kier molecular flexibility index (Phi) is 4.93. The molecule has 4 nitrogen and oxygen atoms in total. The molecule has 2 atom stereocenters. The molecule has 4 heteroatoms. The molecular formula is C16H19NO3. The van der Waals surface area contributed by atoms with E-state index in [-0.39, 0.29) is 17.8 Å². The zero-order valence-electron chi connectivity index (χ0n) is 11.5. The van der Waals surface area contributed by atoms with Crippen molar-refractivity contribution in [1.82, 2.24) is 0 Å². The molecule has 0 fully saturated rings. The minimum Gasteiger partial charge on any atom is -0.453 e. The highest BCUT2D eigenvalue weighted by molar-refractivity contribution is 5.95. The fraction of sp³-hybridized carbons (Fsp3) is 0.375. The zero-order valence-corrected chi connectivity index (χ0v) is 11.5. The number of para-hydroxylation sites is 1. The summed E-state index contributed by atoms with van der Waals surface area (Å²) in [4.78, 5) is 23.6. The van der Waals surface area contributed by atoms with Crippen LogP contribution in [0.15, 0.2) is 42.5 Å². The van der Waals surface area contributed by atoms with Gasteiger partial charge in [-0.05, 0) is 37.8 Å². The van der Waals surface area contributed by atoms with E-state index >= 15 is 0 Å². The highest BCUT2D eigenvalue weighted by Gasteiger charge is 2.20. The predicted molar refractivity (Wildman–Crippen MR) is 77.1 cm³/mol. The number of benzene rings is 1. The molecule has 20 heavy (non-hydrogen) atoms. The molecule has 1 amide bonds. The quantitative estimate of drug-likeness (QED) is 0.663. The number of nitrogens with one attached hydrogen (secondary N) is 1. The van der Waals surface area contributed by atoms with Gasteiger partial charge >= 0.3 is 5.97 Å². The Hall–Kier alpha value is -2.10. The van der Waals surface area contributed by atoms with Gasteiger partial charge in [-0.25, -0.2) is 0 Å². The number of amides is 1. The normalized spacial score (nSPS) is 18.6. The maximum Gasteiger partial charge on any atom is 0.307 e. The Bertz CT molecular complexity index is 496. The number of hydrogen-bond acceptors (Lipinski definition) is 3. The molecule has 1 N–H and O–H groups in total. The van der Waals surface area contributed by atoms with Crippen molar-refractivity contribution < 1.29 is 14.3 Å². The van der Waals surface area contributed by atoms with Gasteiger partial charge in [0.05, 0.1) is 6.42 Å². The second-order valence-corrected chi connectivity index (χ2v) is 4.96. The summed E-state index contributed by atoms with van der Waals surface area (Å²) >= 11 is 0. The first-order valence-electron chi connectivity index (χ1n) is 6.87. The van der Waals surface area contributed by atoms with Crippen LogP contribution in [0.5, 0.6) is 0 Å². The third-order valence-electron chi connectivity index (χ3n) is 3.26. The minimum atomic E-state index is -0.784. The summed E-state index contributed by atoms with van der Waals surface area (Å²) in [6, 6.07) is 9.11. The van der Waals surface area contributed by atoms with Gasteiger partial charge < -0.3 is 10.1 Å². The van der Waals surface area contributed by atoms with Crippen LogP contribution in [-0.2, 0) is 14.3 Å². The van der Waals surface area contributed by atoms with Crippen molar-refractivity contribution in [2.24, 2.45) is 5.92 Å². The first-order chi connectivity index (χ1) is 9.65. The number of anilines is 1. The number of rotatable bonds is 5. The van der Waals surface area contributed by atoms with Gasteiger partial charge in [-0.3, -0.25) is 9.59 Å². The van der Waals surface area contributed by atoms with Crippen molar-refractivity contribution in [3.8, 4) is 0 Å². The number of carbonyl (C=O) groups excluding carboxylic acids is 2. The summed E-state index contributed by atoms with van der Waals surface area (Å²) in [6.07, 6.45) is 5.67. The molecule has 106 valence electrons. The van der Waals surface area contributed by atoms with Gasteiger partial charge in [0.25, 0.3) is 5.91 Å². The fourth-order valence-corrected chi connectivity index (χ4v) is 2.14. The number of ether oxygens (including phenoxy) is 1. The van der Waals surface area contributed by atoms with Crippen molar-refractivity contribution >= 4 is 17.6 Å². The van der Waals surface area contributed by atoms with Crippen LogP contribution >= 0.6 is 0 Å². The summed E-state index contributed by atoms with van der Waals surface area (Å²) in [5.41, 5.74) is 0.694. The van der Waals surface area contributed by atoms with Gasteiger partial charge in [-0.15, -0.1) is 0 Å². The zero-order chi connectivity index (χ0) is 14.4. The number of carbonyl (C=O) groups is 2. The number of esters is 1. The second kappa shape index (κ2) is 6.89. The topological polar surface area (TPSA) is 55.4 Å². The van der Waals surface area contributed by atoms with E-state index in [1.807, 2.05) is 24.3 Å². The molecule has 0 saturated carbocycles. The van der Waals surface area contributed by atoms with E-state index in [0.717, 1.165) is 12.8 Å². The SMILES string of the molecule is C[C@H](OC(=O)C[C@H]1C=CCC1)C(=O)Nc1ccccc1. The summed E-state index contributed by atoms with van der Waals surface area (Å²) in [5, 5.41) is 2.71. The Morgan fingerprint density at radius 1 is 1.35 bits per heavy atom. The molecule has 0 spiro atoms. The third-order valence-corrected chi connectivity index (χ3v) is 3.26. The molecule has 0 aromatic heterocycles. The van der Waals surface area contributed by atoms with Crippen molar-refractivity contribution in [3.63, 3.8) is 0 Å². The molecule has 0 saturated heterocycles. The van der Waals surface area contributed by atoms with Crippen LogP contribution in [0, 0.1) is 5.92 Å². The van der Waals surface area contributed by atoms with Gasteiger partial charge in [0.15, 0.2) is 6.10 Å². The van der Waals surface area contributed by atoms with E-state index in [1.165, 1.54) is 0 Å². The van der Waals surface area contributed by atoms with E-state index in [9.17, 15) is 9.59 Å². The van der Waals surface area contributed by atoms with Gasteiger partial charge in [0.2, 0.25) is 0 Å². The van der Waals surface area contributed by atoms with Gasteiger partial charge in [-0.2, -0.15) is 0 Å². The maximum atomic E-state index is 11.9. The van der Waals surface area contributed by atoms with Crippen LogP contribution in [0.25, 0.3) is 0 Å². The van der Waals surface area contributed by atoms with Gasteiger partial charge in [0.1, 0.15) is 0 Å². The number of hydrogen-bond donors (Lipinski definition) is 1. The van der Waals surface area contributed by atoms with Crippen LogP contribution in [0.4, 0.5) is 5.69 Å². The molecule has 1 aromatic carbocycles. The van der Waals surface area contributed by atoms with Crippen LogP contribution in [-0.4, -0.2) is 18.0 Å². The Morgan fingerprint density at radius 3 is 2.75 bits per heavy atom. The lowest BCUT2D eigenvalue weighted by Gasteiger charge is -2.14. The van der Waals surface area contributed by atoms with E-state index in [4.69, 9.17) is 4.74 Å². The van der Waals surface area contributed by atoms with Crippen LogP contribution < -0.4 is 5.32 Å². The average Bonchev–Trinajstić information content (AvgIpc) is 2.92. The third kappa shape index (κ3) is 4.23. The van der Waals surface area contributed by atoms with E-state index in [0.29, 0.717) is 12.1 Å². The molecule has 0 heterocycles. The molecular weight excluding hydrogens is 254 g/mol. The van der Waals surface area contributed by atoms with Gasteiger partial charge in [-0.1, -0.05) is 30.4 Å². The van der Waals surface area contributed by atoms with Crippen LogP contribution in [0.3, 0.4) is 0 Å². The van der Waals surface area contributed by atoms with Crippen molar-refractivity contribution in [2.75, 3.05) is 5.32 Å². The monoisotopic (exact) mass is 273 g/mol. The first-order valence-corrected chi connectivity index (χ1v) is 6.87. The minimum absolute atomic E-state index is 0.256. The molecule has 0 aliphatic heterocycles. The molecule has 1 aromatic rings. The molecule has 1 aliphatic rings. The summed E-state index contributed by atoms with van der Waals surface area (Å²) in [6.45, 7) is 1.58. The summed E-state index contributed by atoms with van der Waals surface area (Å²) < 4.78 is 5.16. The Balaban J connectivity index is 1.78. The number of allylic oxidation sites excluding steroid dienone is 2. The molecule has 1 aliphatic carbocycles. The van der Waals surface area contributed by atoms with E-state index in [2.05, 4.69) is 11.4 Å². The Labute approximate surface area is 118 Å². The fourth-order valence-electron chi connectivity index (χ4n) is 2.14. The molecule has 0 radical (unpaired) electrons. The van der Waals surface area contributed by atoms with Crippen molar-refractivity contribution in [2.45, 2.75) is 32.3 Å². The van der Waals surface area contributed by atoms with Crippen molar-refractivity contribution in [1.29, 1.82) is 0 Å².